The second kappa shape index (κ2) is 6.07. The van der Waals surface area contributed by atoms with Gasteiger partial charge in [-0.1, -0.05) is 52.4 Å². The molecular weight excluding hydrogens is 192 g/mol. The summed E-state index contributed by atoms with van der Waals surface area (Å²) in [6.45, 7) is 6.55. The van der Waals surface area contributed by atoms with Gasteiger partial charge in [0.15, 0.2) is 0 Å². The minimum absolute atomic E-state index is 0.771. The Bertz CT molecular complexity index is 180. The fourth-order valence-corrected chi connectivity index (χ4v) is 4.02. The lowest BCUT2D eigenvalue weighted by atomic mass is 9.69. The summed E-state index contributed by atoms with van der Waals surface area (Å²) in [6.07, 6.45) is 14.8. The lowest BCUT2D eigenvalue weighted by Gasteiger charge is -2.37. The van der Waals surface area contributed by atoms with Crippen molar-refractivity contribution in [2.75, 3.05) is 0 Å². The summed E-state index contributed by atoms with van der Waals surface area (Å²) in [5, 5.41) is 0. The van der Waals surface area contributed by atoms with E-state index in [1.165, 1.54) is 64.2 Å². The highest BCUT2D eigenvalue weighted by atomic mass is 14.3. The van der Waals surface area contributed by atoms with E-state index in [0.29, 0.717) is 0 Å². The predicted octanol–water partition coefficient (Wildman–Crippen LogP) is 5.23. The van der Waals surface area contributed by atoms with Gasteiger partial charge in [0.25, 0.3) is 0 Å². The Kier molecular flexibility index (Phi) is 4.73. The molecule has 2 fully saturated rings. The van der Waals surface area contributed by atoms with E-state index < -0.39 is 0 Å². The first-order valence-corrected chi connectivity index (χ1v) is 7.62. The van der Waals surface area contributed by atoms with Crippen LogP contribution in [0.3, 0.4) is 0 Å². The van der Waals surface area contributed by atoms with E-state index in [9.17, 15) is 0 Å². The van der Waals surface area contributed by atoms with Crippen molar-refractivity contribution >= 4 is 0 Å². The largest absolute Gasteiger partial charge is 0.0654 e. The van der Waals surface area contributed by atoms with Crippen molar-refractivity contribution in [3.63, 3.8) is 0 Å². The van der Waals surface area contributed by atoms with E-state index >= 15 is 0 Å². The number of hydrogen-bond acceptors (Lipinski definition) is 0. The summed E-state index contributed by atoms with van der Waals surface area (Å²) >= 11 is 0. The molecule has 0 aliphatic heterocycles. The Morgan fingerprint density at radius 3 is 1.81 bits per heavy atom. The van der Waals surface area contributed by atoms with Crippen molar-refractivity contribution in [2.24, 2.45) is 23.7 Å². The van der Waals surface area contributed by atoms with Gasteiger partial charge in [-0.15, -0.1) is 0 Å². The maximum absolute atomic E-state index is 4.21. The van der Waals surface area contributed by atoms with E-state index in [-0.39, 0.29) is 0 Å². The molecule has 0 atom stereocenters. The molecule has 0 aromatic heterocycles. The minimum Gasteiger partial charge on any atom is -0.0654 e. The summed E-state index contributed by atoms with van der Waals surface area (Å²) in [5.74, 6) is 4.00. The van der Waals surface area contributed by atoms with Crippen molar-refractivity contribution < 1.29 is 0 Å². The van der Waals surface area contributed by atoms with Crippen LogP contribution in [0.1, 0.15) is 71.1 Å². The summed E-state index contributed by atoms with van der Waals surface area (Å²) < 4.78 is 0. The van der Waals surface area contributed by atoms with Crippen LogP contribution in [-0.2, 0) is 0 Å². The zero-order valence-electron chi connectivity index (χ0n) is 11.1. The molecule has 1 radical (unpaired) electrons. The molecule has 0 N–H and O–H groups in total. The first kappa shape index (κ1) is 12.5. The van der Waals surface area contributed by atoms with Crippen molar-refractivity contribution in [1.29, 1.82) is 0 Å². The van der Waals surface area contributed by atoms with Gasteiger partial charge >= 0.3 is 0 Å². The van der Waals surface area contributed by atoms with Gasteiger partial charge in [0.1, 0.15) is 0 Å². The predicted molar refractivity (Wildman–Crippen MR) is 71.2 cm³/mol. The average Bonchev–Trinajstić information content (AvgIpc) is 2.32. The van der Waals surface area contributed by atoms with Crippen LogP contribution in [0.25, 0.3) is 0 Å². The standard InChI is InChI=1S/C16H29/c1-3-4-14-7-11-16(12-8-14)15-9-5-13(2)6-10-15/h13-16H,2-12H2,1H3/t13?,14-,15?,16-. The lowest BCUT2D eigenvalue weighted by Crippen LogP contribution is -2.25. The zero-order valence-corrected chi connectivity index (χ0v) is 11.1. The Balaban J connectivity index is 1.72. The van der Waals surface area contributed by atoms with Gasteiger partial charge in [-0.05, 0) is 49.4 Å². The van der Waals surface area contributed by atoms with Crippen LogP contribution in [0.15, 0.2) is 0 Å². The SMILES string of the molecule is [CH2]C1CCC([C@H]2CC[C@H](CCC)CC2)CC1. The molecule has 2 aliphatic rings. The maximum atomic E-state index is 4.21. The highest BCUT2D eigenvalue weighted by Gasteiger charge is 2.29. The highest BCUT2D eigenvalue weighted by Crippen LogP contribution is 2.41. The smallest absolute Gasteiger partial charge is 0.0386 e. The summed E-state index contributed by atoms with van der Waals surface area (Å²) in [6, 6.07) is 0. The Hall–Kier alpha value is 0. The quantitative estimate of drug-likeness (QED) is 0.612. The van der Waals surface area contributed by atoms with Crippen LogP contribution in [0, 0.1) is 30.6 Å². The topological polar surface area (TPSA) is 0 Å². The molecule has 0 nitrogen and oxygen atoms in total. The zero-order chi connectivity index (χ0) is 11.4. The molecule has 0 amide bonds. The fourth-order valence-electron chi connectivity index (χ4n) is 4.02. The first-order chi connectivity index (χ1) is 7.79. The second-order valence-electron chi connectivity index (χ2n) is 6.35. The monoisotopic (exact) mass is 221 g/mol. The molecule has 0 bridgehead atoms. The molecular formula is C16H29. The third-order valence-electron chi connectivity index (χ3n) is 5.15. The van der Waals surface area contributed by atoms with Crippen molar-refractivity contribution in [1.82, 2.24) is 0 Å². The average molecular weight is 221 g/mol. The molecule has 0 heteroatoms. The molecule has 2 aliphatic carbocycles. The Morgan fingerprint density at radius 1 is 0.812 bits per heavy atom. The fraction of sp³-hybridized carbons (Fsp3) is 0.938. The number of rotatable bonds is 3. The van der Waals surface area contributed by atoms with Gasteiger partial charge in [0.2, 0.25) is 0 Å². The third kappa shape index (κ3) is 3.25. The van der Waals surface area contributed by atoms with Crippen LogP contribution in [0.5, 0.6) is 0 Å². The van der Waals surface area contributed by atoms with Gasteiger partial charge in [0, 0.05) is 0 Å². The molecule has 0 aromatic rings. The molecule has 93 valence electrons. The van der Waals surface area contributed by atoms with Crippen molar-refractivity contribution in [3.05, 3.63) is 6.92 Å². The molecule has 0 aromatic carbocycles. The molecule has 0 spiro atoms. The van der Waals surface area contributed by atoms with Gasteiger partial charge in [0.05, 0.1) is 0 Å². The summed E-state index contributed by atoms with van der Waals surface area (Å²) in [7, 11) is 0. The van der Waals surface area contributed by atoms with Crippen molar-refractivity contribution in [3.8, 4) is 0 Å². The van der Waals surface area contributed by atoms with Gasteiger partial charge < -0.3 is 0 Å². The molecule has 2 rings (SSSR count). The van der Waals surface area contributed by atoms with Crippen molar-refractivity contribution in [2.45, 2.75) is 71.1 Å². The van der Waals surface area contributed by atoms with E-state index in [4.69, 9.17) is 0 Å². The van der Waals surface area contributed by atoms with E-state index in [1.54, 1.807) is 0 Å². The lowest BCUT2D eigenvalue weighted by molar-refractivity contribution is 0.152. The van der Waals surface area contributed by atoms with Crippen LogP contribution in [0.4, 0.5) is 0 Å². The van der Waals surface area contributed by atoms with Gasteiger partial charge in [-0.25, -0.2) is 0 Å². The normalized spacial score (nSPS) is 40.9. The van der Waals surface area contributed by atoms with E-state index in [1.807, 2.05) is 0 Å². The van der Waals surface area contributed by atoms with E-state index in [0.717, 1.165) is 23.7 Å². The van der Waals surface area contributed by atoms with Crippen LogP contribution >= 0.6 is 0 Å². The molecule has 2 saturated carbocycles. The first-order valence-electron chi connectivity index (χ1n) is 7.62. The highest BCUT2D eigenvalue weighted by molar-refractivity contribution is 4.82. The van der Waals surface area contributed by atoms with Gasteiger partial charge in [-0.2, -0.15) is 0 Å². The van der Waals surface area contributed by atoms with Gasteiger partial charge in [-0.3, -0.25) is 0 Å². The second-order valence-corrected chi connectivity index (χ2v) is 6.35. The minimum atomic E-state index is 0.771. The van der Waals surface area contributed by atoms with E-state index in [2.05, 4.69) is 13.8 Å². The van der Waals surface area contributed by atoms with Crippen LogP contribution < -0.4 is 0 Å². The third-order valence-corrected chi connectivity index (χ3v) is 5.15. The molecule has 0 unspecified atom stereocenters. The molecule has 0 heterocycles. The maximum Gasteiger partial charge on any atom is -0.0386 e. The molecule has 0 saturated heterocycles. The van der Waals surface area contributed by atoms with Crippen LogP contribution in [-0.4, -0.2) is 0 Å². The summed E-state index contributed by atoms with van der Waals surface area (Å²) in [5.41, 5.74) is 0. The summed E-state index contributed by atoms with van der Waals surface area (Å²) in [4.78, 5) is 0. The Morgan fingerprint density at radius 2 is 1.31 bits per heavy atom. The molecule has 16 heavy (non-hydrogen) atoms. The van der Waals surface area contributed by atoms with Crippen LogP contribution in [0.2, 0.25) is 0 Å². The Labute approximate surface area is 102 Å². The number of hydrogen-bond donors (Lipinski definition) is 0.